The van der Waals surface area contributed by atoms with Gasteiger partial charge in [-0.15, -0.1) is 11.3 Å². The molecule has 7 nitrogen and oxygen atoms in total. The fourth-order valence-electron chi connectivity index (χ4n) is 2.67. The molecule has 2 N–H and O–H groups in total. The van der Waals surface area contributed by atoms with Crippen LogP contribution in [0.25, 0.3) is 0 Å². The molecule has 0 saturated carbocycles. The Morgan fingerprint density at radius 3 is 2.82 bits per heavy atom. The highest BCUT2D eigenvalue weighted by atomic mass is 32.1. The molecule has 0 radical (unpaired) electrons. The summed E-state index contributed by atoms with van der Waals surface area (Å²) in [7, 11) is 0. The first-order valence-corrected chi connectivity index (χ1v) is 10.4. The largest absolute Gasteiger partial charge is 0.357 e. The summed E-state index contributed by atoms with van der Waals surface area (Å²) in [5, 5.41) is 14.0. The second kappa shape index (κ2) is 9.98. The number of hydrogen-bond acceptors (Lipinski definition) is 5. The second-order valence-corrected chi connectivity index (χ2v) is 7.73. The first-order valence-electron chi connectivity index (χ1n) is 9.50. The lowest BCUT2D eigenvalue weighted by molar-refractivity contribution is 0.684. The predicted molar refractivity (Wildman–Crippen MR) is 113 cm³/mol. The molecule has 3 aromatic rings. The number of guanidine groups is 1. The van der Waals surface area contributed by atoms with Crippen LogP contribution in [-0.4, -0.2) is 32.3 Å². The highest BCUT2D eigenvalue weighted by Crippen LogP contribution is 2.17. The average molecular weight is 398 g/mol. The maximum absolute atomic E-state index is 4.72. The lowest BCUT2D eigenvalue weighted by Gasteiger charge is -2.10. The maximum Gasteiger partial charge on any atom is 0.191 e. The van der Waals surface area contributed by atoms with Crippen LogP contribution in [0.2, 0.25) is 0 Å². The summed E-state index contributed by atoms with van der Waals surface area (Å²) in [5.41, 5.74) is 3.49. The van der Waals surface area contributed by atoms with Crippen LogP contribution in [0.4, 0.5) is 0 Å². The molecule has 8 heteroatoms. The van der Waals surface area contributed by atoms with E-state index in [-0.39, 0.29) is 0 Å². The van der Waals surface area contributed by atoms with Crippen molar-refractivity contribution in [3.8, 4) is 0 Å². The Hall–Kier alpha value is -2.74. The summed E-state index contributed by atoms with van der Waals surface area (Å²) in [4.78, 5) is 13.4. The Morgan fingerprint density at radius 2 is 2.11 bits per heavy atom. The van der Waals surface area contributed by atoms with E-state index in [0.29, 0.717) is 25.6 Å². The predicted octanol–water partition coefficient (Wildman–Crippen LogP) is 3.16. The Kier molecular flexibility index (Phi) is 7.13. The number of rotatable bonds is 8. The SMILES string of the molecule is CCNC(=NCc1cccc(Cn2cncn2)c1)NCc1nc(C(C)C)cs1. The van der Waals surface area contributed by atoms with E-state index in [9.17, 15) is 0 Å². The zero-order valence-corrected chi connectivity index (χ0v) is 17.4. The minimum Gasteiger partial charge on any atom is -0.357 e. The summed E-state index contributed by atoms with van der Waals surface area (Å²) >= 11 is 1.69. The van der Waals surface area contributed by atoms with E-state index >= 15 is 0 Å². The molecular weight excluding hydrogens is 370 g/mol. The second-order valence-electron chi connectivity index (χ2n) is 6.78. The first-order chi connectivity index (χ1) is 13.6. The number of nitrogens with one attached hydrogen (secondary N) is 2. The van der Waals surface area contributed by atoms with Gasteiger partial charge in [0.25, 0.3) is 0 Å². The van der Waals surface area contributed by atoms with Crippen molar-refractivity contribution in [2.45, 2.75) is 46.3 Å². The summed E-state index contributed by atoms with van der Waals surface area (Å²) in [5.74, 6) is 1.25. The Morgan fingerprint density at radius 1 is 1.25 bits per heavy atom. The van der Waals surface area contributed by atoms with Crippen molar-refractivity contribution in [1.82, 2.24) is 30.4 Å². The zero-order chi connectivity index (χ0) is 19.8. The summed E-state index contributed by atoms with van der Waals surface area (Å²) in [6, 6.07) is 8.39. The third kappa shape index (κ3) is 5.88. The van der Waals surface area contributed by atoms with Gasteiger partial charge in [0.1, 0.15) is 17.7 Å². The van der Waals surface area contributed by atoms with Crippen LogP contribution in [0.15, 0.2) is 47.3 Å². The van der Waals surface area contributed by atoms with Crippen LogP contribution in [-0.2, 0) is 19.6 Å². The van der Waals surface area contributed by atoms with Gasteiger partial charge in [-0.05, 0) is 24.0 Å². The van der Waals surface area contributed by atoms with Gasteiger partial charge in [0.15, 0.2) is 5.96 Å². The van der Waals surface area contributed by atoms with E-state index in [1.165, 1.54) is 5.56 Å². The molecule has 2 heterocycles. The molecule has 0 aliphatic carbocycles. The van der Waals surface area contributed by atoms with Crippen molar-refractivity contribution in [3.63, 3.8) is 0 Å². The number of aromatic nitrogens is 4. The normalized spacial score (nSPS) is 11.8. The quantitative estimate of drug-likeness (QED) is 0.451. The number of aliphatic imine (C=N–C) groups is 1. The van der Waals surface area contributed by atoms with Crippen molar-refractivity contribution in [1.29, 1.82) is 0 Å². The van der Waals surface area contributed by atoms with Crippen LogP contribution < -0.4 is 10.6 Å². The minimum atomic E-state index is 0.455. The van der Waals surface area contributed by atoms with Gasteiger partial charge in [-0.2, -0.15) is 5.10 Å². The molecule has 0 saturated heterocycles. The standard InChI is InChI=1S/C20H27N7S/c1-4-22-20(24-10-19-26-18(12-28-19)15(2)3)23-9-16-6-5-7-17(8-16)11-27-14-21-13-25-27/h5-8,12-15H,4,9-11H2,1-3H3,(H2,22,23,24). The molecule has 0 aliphatic rings. The first kappa shape index (κ1) is 20.0. The monoisotopic (exact) mass is 397 g/mol. The minimum absolute atomic E-state index is 0.455. The fraction of sp³-hybridized carbons (Fsp3) is 0.400. The Balaban J connectivity index is 1.60. The molecule has 0 unspecified atom stereocenters. The number of benzene rings is 1. The van der Waals surface area contributed by atoms with Gasteiger partial charge >= 0.3 is 0 Å². The highest BCUT2D eigenvalue weighted by molar-refractivity contribution is 7.09. The molecular formula is C20H27N7S. The van der Waals surface area contributed by atoms with Crippen molar-refractivity contribution in [2.75, 3.05) is 6.54 Å². The fourth-order valence-corrected chi connectivity index (χ4v) is 3.57. The molecule has 1 aromatic carbocycles. The van der Waals surface area contributed by atoms with Crippen molar-refractivity contribution in [3.05, 3.63) is 64.1 Å². The Bertz CT molecular complexity index is 884. The van der Waals surface area contributed by atoms with E-state index in [1.54, 1.807) is 24.0 Å². The molecule has 28 heavy (non-hydrogen) atoms. The molecule has 0 bridgehead atoms. The van der Waals surface area contributed by atoms with Gasteiger partial charge in [0, 0.05) is 11.9 Å². The molecule has 0 fully saturated rings. The zero-order valence-electron chi connectivity index (χ0n) is 16.6. The van der Waals surface area contributed by atoms with Gasteiger partial charge < -0.3 is 10.6 Å². The third-order valence-electron chi connectivity index (χ3n) is 4.13. The number of thiazole rings is 1. The molecule has 0 aliphatic heterocycles. The van der Waals surface area contributed by atoms with Gasteiger partial charge in [-0.1, -0.05) is 38.1 Å². The van der Waals surface area contributed by atoms with Crippen LogP contribution in [0.5, 0.6) is 0 Å². The highest BCUT2D eigenvalue weighted by Gasteiger charge is 2.06. The van der Waals surface area contributed by atoms with Crippen molar-refractivity contribution >= 4 is 17.3 Å². The van der Waals surface area contributed by atoms with Gasteiger partial charge in [-0.3, -0.25) is 0 Å². The average Bonchev–Trinajstić information content (AvgIpc) is 3.36. The third-order valence-corrected chi connectivity index (χ3v) is 5.00. The van der Waals surface area contributed by atoms with Gasteiger partial charge in [-0.25, -0.2) is 19.6 Å². The van der Waals surface area contributed by atoms with E-state index in [1.807, 2.05) is 4.68 Å². The van der Waals surface area contributed by atoms with Crippen LogP contribution in [0.3, 0.4) is 0 Å². The molecule has 148 valence electrons. The molecule has 0 spiro atoms. The van der Waals surface area contributed by atoms with Gasteiger partial charge in [0.05, 0.1) is 25.3 Å². The topological polar surface area (TPSA) is 80.0 Å². The van der Waals surface area contributed by atoms with E-state index in [2.05, 4.69) is 76.1 Å². The van der Waals surface area contributed by atoms with E-state index in [4.69, 9.17) is 4.99 Å². The summed E-state index contributed by atoms with van der Waals surface area (Å²) in [6.07, 6.45) is 3.27. The van der Waals surface area contributed by atoms with Crippen molar-refractivity contribution in [2.24, 2.45) is 4.99 Å². The van der Waals surface area contributed by atoms with Crippen molar-refractivity contribution < 1.29 is 0 Å². The number of hydrogen-bond donors (Lipinski definition) is 2. The van der Waals surface area contributed by atoms with E-state index in [0.717, 1.165) is 28.8 Å². The smallest absolute Gasteiger partial charge is 0.191 e. The van der Waals surface area contributed by atoms with Crippen LogP contribution in [0, 0.1) is 0 Å². The lowest BCUT2D eigenvalue weighted by atomic mass is 10.1. The van der Waals surface area contributed by atoms with Crippen LogP contribution >= 0.6 is 11.3 Å². The maximum atomic E-state index is 4.72. The molecule has 0 atom stereocenters. The molecule has 2 aromatic heterocycles. The summed E-state index contributed by atoms with van der Waals surface area (Å²) in [6.45, 7) is 9.19. The Labute approximate surface area is 170 Å². The molecule has 0 amide bonds. The van der Waals surface area contributed by atoms with Crippen LogP contribution in [0.1, 0.15) is 48.5 Å². The van der Waals surface area contributed by atoms with Gasteiger partial charge in [0.2, 0.25) is 0 Å². The molecule has 3 rings (SSSR count). The van der Waals surface area contributed by atoms with E-state index < -0.39 is 0 Å². The lowest BCUT2D eigenvalue weighted by Crippen LogP contribution is -2.36. The summed E-state index contributed by atoms with van der Waals surface area (Å²) < 4.78 is 1.81. The number of nitrogens with zero attached hydrogens (tertiary/aromatic N) is 5.